The highest BCUT2D eigenvalue weighted by Crippen LogP contribution is 2.32. The van der Waals surface area contributed by atoms with Crippen LogP contribution in [0, 0.1) is 5.41 Å². The van der Waals surface area contributed by atoms with Gasteiger partial charge in [0.25, 0.3) is 0 Å². The largest absolute Gasteiger partial charge is 0.338 e. The lowest BCUT2D eigenvalue weighted by atomic mass is 9.82. The highest BCUT2D eigenvalue weighted by Gasteiger charge is 2.41. The summed E-state index contributed by atoms with van der Waals surface area (Å²) in [5.74, 6) is 0.329. The molecule has 2 rings (SSSR count). The minimum Gasteiger partial charge on any atom is -0.338 e. The van der Waals surface area contributed by atoms with Crippen molar-refractivity contribution in [2.45, 2.75) is 39.7 Å². The van der Waals surface area contributed by atoms with E-state index in [-0.39, 0.29) is 5.41 Å². The summed E-state index contributed by atoms with van der Waals surface area (Å²) >= 11 is 0. The van der Waals surface area contributed by atoms with E-state index in [1.807, 2.05) is 23.1 Å². The average Bonchev–Trinajstić information content (AvgIpc) is 2.97. The van der Waals surface area contributed by atoms with E-state index in [2.05, 4.69) is 31.3 Å². The van der Waals surface area contributed by atoms with Crippen LogP contribution >= 0.6 is 0 Å². The SMILES string of the molecule is CCCN(Cc1ccccc1)C(=O)C1(CC)CCNC1. The molecule has 1 atom stereocenters. The van der Waals surface area contributed by atoms with Crippen LogP contribution in [0.3, 0.4) is 0 Å². The first-order valence-electron chi connectivity index (χ1n) is 7.76. The summed E-state index contributed by atoms with van der Waals surface area (Å²) in [6.45, 7) is 7.64. The number of carbonyl (C=O) groups excluding carboxylic acids is 1. The lowest BCUT2D eigenvalue weighted by molar-refractivity contribution is -0.142. The van der Waals surface area contributed by atoms with Crippen molar-refractivity contribution >= 4 is 5.91 Å². The molecule has 0 radical (unpaired) electrons. The second kappa shape index (κ2) is 6.89. The van der Waals surface area contributed by atoms with Gasteiger partial charge in [-0.25, -0.2) is 0 Å². The van der Waals surface area contributed by atoms with E-state index < -0.39 is 0 Å². The highest BCUT2D eigenvalue weighted by molar-refractivity contribution is 5.83. The van der Waals surface area contributed by atoms with Crippen LogP contribution in [0.15, 0.2) is 30.3 Å². The van der Waals surface area contributed by atoms with Gasteiger partial charge in [-0.15, -0.1) is 0 Å². The first kappa shape index (κ1) is 15.0. The molecule has 1 amide bonds. The zero-order valence-corrected chi connectivity index (χ0v) is 12.7. The Morgan fingerprint density at radius 3 is 2.60 bits per heavy atom. The van der Waals surface area contributed by atoms with Gasteiger partial charge in [0, 0.05) is 19.6 Å². The van der Waals surface area contributed by atoms with Crippen LogP contribution in [-0.2, 0) is 11.3 Å². The van der Waals surface area contributed by atoms with E-state index in [1.165, 1.54) is 5.56 Å². The molecule has 3 nitrogen and oxygen atoms in total. The molecule has 0 aliphatic carbocycles. The number of rotatable bonds is 6. The minimum atomic E-state index is -0.177. The van der Waals surface area contributed by atoms with Crippen LogP contribution in [0.25, 0.3) is 0 Å². The van der Waals surface area contributed by atoms with Gasteiger partial charge in [0.15, 0.2) is 0 Å². The molecule has 1 saturated heterocycles. The molecule has 1 N–H and O–H groups in total. The third-order valence-electron chi connectivity index (χ3n) is 4.37. The second-order valence-electron chi connectivity index (χ2n) is 5.77. The minimum absolute atomic E-state index is 0.177. The van der Waals surface area contributed by atoms with Gasteiger partial charge in [-0.3, -0.25) is 4.79 Å². The van der Waals surface area contributed by atoms with Crippen LogP contribution in [0.1, 0.15) is 38.7 Å². The average molecular weight is 274 g/mol. The van der Waals surface area contributed by atoms with Crippen LogP contribution in [0.4, 0.5) is 0 Å². The van der Waals surface area contributed by atoms with Crippen molar-refractivity contribution in [3.05, 3.63) is 35.9 Å². The normalized spacial score (nSPS) is 21.9. The predicted octanol–water partition coefficient (Wildman–Crippen LogP) is 2.81. The Labute approximate surface area is 122 Å². The highest BCUT2D eigenvalue weighted by atomic mass is 16.2. The molecule has 3 heteroatoms. The van der Waals surface area contributed by atoms with Crippen molar-refractivity contribution < 1.29 is 4.79 Å². The summed E-state index contributed by atoms with van der Waals surface area (Å²) in [6.07, 6.45) is 2.90. The zero-order chi connectivity index (χ0) is 14.4. The Balaban J connectivity index is 2.13. The lowest BCUT2D eigenvalue weighted by Gasteiger charge is -2.33. The van der Waals surface area contributed by atoms with Crippen LogP contribution in [0.2, 0.25) is 0 Å². The number of benzene rings is 1. The van der Waals surface area contributed by atoms with E-state index in [0.717, 1.165) is 45.4 Å². The maximum Gasteiger partial charge on any atom is 0.230 e. The molecule has 110 valence electrons. The summed E-state index contributed by atoms with van der Waals surface area (Å²) < 4.78 is 0. The van der Waals surface area contributed by atoms with Crippen molar-refractivity contribution in [1.82, 2.24) is 10.2 Å². The molecular formula is C17H26N2O. The summed E-state index contributed by atoms with van der Waals surface area (Å²) in [5, 5.41) is 3.36. The first-order chi connectivity index (χ1) is 9.72. The maximum absolute atomic E-state index is 13.0. The molecule has 0 bridgehead atoms. The second-order valence-corrected chi connectivity index (χ2v) is 5.77. The van der Waals surface area contributed by atoms with Gasteiger partial charge in [-0.2, -0.15) is 0 Å². The van der Waals surface area contributed by atoms with Gasteiger partial charge >= 0.3 is 0 Å². The molecular weight excluding hydrogens is 248 g/mol. The molecule has 1 unspecified atom stereocenters. The summed E-state index contributed by atoms with van der Waals surface area (Å²) in [4.78, 5) is 15.0. The van der Waals surface area contributed by atoms with Gasteiger partial charge < -0.3 is 10.2 Å². The smallest absolute Gasteiger partial charge is 0.230 e. The fourth-order valence-electron chi connectivity index (χ4n) is 3.04. The van der Waals surface area contributed by atoms with Crippen molar-refractivity contribution in [1.29, 1.82) is 0 Å². The lowest BCUT2D eigenvalue weighted by Crippen LogP contribution is -2.45. The number of hydrogen-bond acceptors (Lipinski definition) is 2. The van der Waals surface area contributed by atoms with Gasteiger partial charge in [-0.05, 0) is 31.4 Å². The Morgan fingerprint density at radius 2 is 2.05 bits per heavy atom. The van der Waals surface area contributed by atoms with E-state index in [1.54, 1.807) is 0 Å². The molecule has 0 aromatic heterocycles. The fraction of sp³-hybridized carbons (Fsp3) is 0.588. The third-order valence-corrected chi connectivity index (χ3v) is 4.37. The molecule has 1 aromatic carbocycles. The molecule has 20 heavy (non-hydrogen) atoms. The van der Waals surface area contributed by atoms with Gasteiger partial charge in [0.1, 0.15) is 0 Å². The Morgan fingerprint density at radius 1 is 1.30 bits per heavy atom. The molecule has 1 aromatic rings. The van der Waals surface area contributed by atoms with Crippen LogP contribution in [0.5, 0.6) is 0 Å². The third kappa shape index (κ3) is 3.21. The zero-order valence-electron chi connectivity index (χ0n) is 12.7. The van der Waals surface area contributed by atoms with Gasteiger partial charge in [0.05, 0.1) is 5.41 Å². The number of hydrogen-bond donors (Lipinski definition) is 1. The van der Waals surface area contributed by atoms with Gasteiger partial charge in [-0.1, -0.05) is 44.2 Å². The van der Waals surface area contributed by atoms with Crippen molar-refractivity contribution in [2.24, 2.45) is 5.41 Å². The van der Waals surface area contributed by atoms with Crippen molar-refractivity contribution in [2.75, 3.05) is 19.6 Å². The van der Waals surface area contributed by atoms with E-state index in [4.69, 9.17) is 0 Å². The summed E-state index contributed by atoms with van der Waals surface area (Å²) in [5.41, 5.74) is 1.04. The number of nitrogens with one attached hydrogen (secondary N) is 1. The standard InChI is InChI=1S/C17H26N2O/c1-3-12-19(13-15-8-6-5-7-9-15)16(20)17(4-2)10-11-18-14-17/h5-9,18H,3-4,10-14H2,1-2H3. The molecule has 1 heterocycles. The van der Waals surface area contributed by atoms with E-state index in [0.29, 0.717) is 5.91 Å². The molecule has 1 aliphatic rings. The quantitative estimate of drug-likeness (QED) is 0.865. The number of carbonyl (C=O) groups is 1. The van der Waals surface area contributed by atoms with E-state index >= 15 is 0 Å². The van der Waals surface area contributed by atoms with Crippen LogP contribution in [-0.4, -0.2) is 30.4 Å². The van der Waals surface area contributed by atoms with E-state index in [9.17, 15) is 4.79 Å². The molecule has 0 saturated carbocycles. The predicted molar refractivity (Wildman–Crippen MR) is 82.4 cm³/mol. The molecule has 1 fully saturated rings. The Kier molecular flexibility index (Phi) is 5.18. The monoisotopic (exact) mass is 274 g/mol. The van der Waals surface area contributed by atoms with Crippen molar-refractivity contribution in [3.8, 4) is 0 Å². The maximum atomic E-state index is 13.0. The molecule has 1 aliphatic heterocycles. The Hall–Kier alpha value is -1.35. The van der Waals surface area contributed by atoms with Crippen molar-refractivity contribution in [3.63, 3.8) is 0 Å². The summed E-state index contributed by atoms with van der Waals surface area (Å²) in [6, 6.07) is 10.3. The van der Waals surface area contributed by atoms with Gasteiger partial charge in [0.2, 0.25) is 5.91 Å². The molecule has 0 spiro atoms. The summed E-state index contributed by atoms with van der Waals surface area (Å²) in [7, 11) is 0. The topological polar surface area (TPSA) is 32.3 Å². The first-order valence-corrected chi connectivity index (χ1v) is 7.76. The number of amides is 1. The fourth-order valence-corrected chi connectivity index (χ4v) is 3.04. The number of nitrogens with zero attached hydrogens (tertiary/aromatic N) is 1. The Bertz CT molecular complexity index is 424. The van der Waals surface area contributed by atoms with Crippen LogP contribution < -0.4 is 5.32 Å².